The minimum absolute atomic E-state index is 0.126. The average Bonchev–Trinajstić information content (AvgIpc) is 2.30. The number of carbonyl (C=O) groups is 3. The van der Waals surface area contributed by atoms with Gasteiger partial charge in [0.25, 0.3) is 0 Å². The smallest absolute Gasteiger partial charge is 0.329 e. The second kappa shape index (κ2) is 7.84. The summed E-state index contributed by atoms with van der Waals surface area (Å²) in [7, 11) is 0. The molecule has 0 aliphatic carbocycles. The summed E-state index contributed by atoms with van der Waals surface area (Å²) in [5.41, 5.74) is 4.49. The first-order chi connectivity index (χ1) is 9.06. The molecule has 0 saturated heterocycles. The molecule has 1 atom stereocenters. The monoisotopic (exact) mass is 287 g/mol. The van der Waals surface area contributed by atoms with Crippen LogP contribution in [-0.4, -0.2) is 42.5 Å². The lowest BCUT2D eigenvalue weighted by Crippen LogP contribution is -2.50. The maximum atomic E-state index is 12.0. The van der Waals surface area contributed by atoms with E-state index in [1.807, 2.05) is 0 Å². The number of amides is 2. The van der Waals surface area contributed by atoms with Crippen LogP contribution in [0, 0.1) is 5.92 Å². The minimum atomic E-state index is -0.753. The van der Waals surface area contributed by atoms with Gasteiger partial charge in [-0.2, -0.15) is 0 Å². The van der Waals surface area contributed by atoms with Crippen LogP contribution >= 0.6 is 0 Å². The molecular weight excluding hydrogens is 262 g/mol. The van der Waals surface area contributed by atoms with Gasteiger partial charge in [0, 0.05) is 0 Å². The maximum absolute atomic E-state index is 12.0. The summed E-state index contributed by atoms with van der Waals surface area (Å²) < 4.78 is 5.25. The van der Waals surface area contributed by atoms with Gasteiger partial charge in [-0.1, -0.05) is 13.8 Å². The first-order valence-corrected chi connectivity index (χ1v) is 6.55. The van der Waals surface area contributed by atoms with Crippen LogP contribution in [0.1, 0.15) is 34.6 Å². The molecule has 2 amide bonds. The number of nitrogens with two attached hydrogens (primary N) is 1. The second-order valence-corrected chi connectivity index (χ2v) is 5.80. The third-order valence-corrected chi connectivity index (χ3v) is 2.28. The summed E-state index contributed by atoms with van der Waals surface area (Å²) >= 11 is 0. The predicted octanol–water partition coefficient (Wildman–Crippen LogP) is -0.456. The Balaban J connectivity index is 4.51. The normalized spacial score (nSPS) is 12.8. The van der Waals surface area contributed by atoms with Crippen LogP contribution in [0.2, 0.25) is 0 Å². The molecule has 4 N–H and O–H groups in total. The highest BCUT2D eigenvalue weighted by Crippen LogP contribution is 2.12. The largest absolute Gasteiger partial charge is 0.458 e. The molecule has 0 fully saturated rings. The van der Waals surface area contributed by atoms with Crippen LogP contribution in [0.5, 0.6) is 0 Å². The molecule has 0 saturated carbocycles. The number of hydrogen-bond donors (Lipinski definition) is 3. The molecule has 0 bridgehead atoms. The van der Waals surface area contributed by atoms with E-state index < -0.39 is 29.4 Å². The topological polar surface area (TPSA) is 111 Å². The fourth-order valence-corrected chi connectivity index (χ4v) is 1.34. The molecule has 0 aromatic rings. The van der Waals surface area contributed by atoms with Crippen molar-refractivity contribution in [2.75, 3.05) is 13.1 Å². The number of hydrogen-bond acceptors (Lipinski definition) is 5. The van der Waals surface area contributed by atoms with Crippen molar-refractivity contribution >= 4 is 17.8 Å². The van der Waals surface area contributed by atoms with E-state index in [2.05, 4.69) is 10.6 Å². The summed E-state index contributed by atoms with van der Waals surface area (Å²) in [4.78, 5) is 34.6. The highest BCUT2D eigenvalue weighted by molar-refractivity contribution is 5.88. The Labute approximate surface area is 119 Å². The van der Waals surface area contributed by atoms with E-state index in [0.29, 0.717) is 0 Å². The van der Waals surface area contributed by atoms with E-state index in [-0.39, 0.29) is 19.0 Å². The fraction of sp³-hybridized carbons (Fsp3) is 0.769. The number of esters is 1. The van der Waals surface area contributed by atoms with Gasteiger partial charge < -0.3 is 21.1 Å². The van der Waals surface area contributed by atoms with Crippen molar-refractivity contribution in [2.24, 2.45) is 11.7 Å². The van der Waals surface area contributed by atoms with Gasteiger partial charge >= 0.3 is 5.97 Å². The van der Waals surface area contributed by atoms with Gasteiger partial charge in [-0.05, 0) is 26.7 Å². The lowest BCUT2D eigenvalue weighted by molar-refractivity contribution is -0.159. The molecule has 0 rings (SSSR count). The summed E-state index contributed by atoms with van der Waals surface area (Å²) in [6.45, 7) is 8.46. The van der Waals surface area contributed by atoms with Gasteiger partial charge in [-0.25, -0.2) is 4.79 Å². The van der Waals surface area contributed by atoms with Crippen molar-refractivity contribution < 1.29 is 19.1 Å². The standard InChI is InChI=1S/C13H25N3O4/c1-8(2)11(12(19)20-13(3,4)5)16-10(18)7-15-9(17)6-14/h8,11H,6-7,14H2,1-5H3,(H,15,17)(H,16,18)/t11-/m0/s1. The Kier molecular flexibility index (Phi) is 7.20. The van der Waals surface area contributed by atoms with Gasteiger partial charge in [0.1, 0.15) is 11.6 Å². The van der Waals surface area contributed by atoms with Gasteiger partial charge in [0.15, 0.2) is 0 Å². The van der Waals surface area contributed by atoms with E-state index in [9.17, 15) is 14.4 Å². The Morgan fingerprint density at radius 2 is 1.70 bits per heavy atom. The molecule has 7 nitrogen and oxygen atoms in total. The lowest BCUT2D eigenvalue weighted by atomic mass is 10.0. The van der Waals surface area contributed by atoms with Crippen LogP contribution in [0.3, 0.4) is 0 Å². The van der Waals surface area contributed by atoms with E-state index in [1.54, 1.807) is 34.6 Å². The first kappa shape index (κ1) is 18.4. The van der Waals surface area contributed by atoms with Crippen molar-refractivity contribution in [1.29, 1.82) is 0 Å². The molecule has 0 radical (unpaired) electrons. The number of carbonyl (C=O) groups excluding carboxylic acids is 3. The van der Waals surface area contributed by atoms with E-state index >= 15 is 0 Å². The quantitative estimate of drug-likeness (QED) is 0.573. The molecule has 0 aliphatic heterocycles. The van der Waals surface area contributed by atoms with E-state index in [0.717, 1.165) is 0 Å². The second-order valence-electron chi connectivity index (χ2n) is 5.80. The highest BCUT2D eigenvalue weighted by atomic mass is 16.6. The van der Waals surface area contributed by atoms with Crippen molar-refractivity contribution in [1.82, 2.24) is 10.6 Å². The Morgan fingerprint density at radius 1 is 1.15 bits per heavy atom. The van der Waals surface area contributed by atoms with Gasteiger partial charge in [-0.3, -0.25) is 9.59 Å². The number of nitrogens with one attached hydrogen (secondary N) is 2. The van der Waals surface area contributed by atoms with Crippen LogP contribution in [-0.2, 0) is 19.1 Å². The highest BCUT2D eigenvalue weighted by Gasteiger charge is 2.29. The molecule has 7 heteroatoms. The zero-order chi connectivity index (χ0) is 15.9. The Morgan fingerprint density at radius 3 is 2.10 bits per heavy atom. The number of ether oxygens (including phenoxy) is 1. The lowest BCUT2D eigenvalue weighted by Gasteiger charge is -2.26. The Hall–Kier alpha value is -1.63. The first-order valence-electron chi connectivity index (χ1n) is 6.55. The van der Waals surface area contributed by atoms with Crippen molar-refractivity contribution in [3.8, 4) is 0 Å². The summed E-state index contributed by atoms with van der Waals surface area (Å²) in [5.74, 6) is -1.51. The molecule has 0 aromatic carbocycles. The predicted molar refractivity (Wildman–Crippen MR) is 74.7 cm³/mol. The summed E-state index contributed by atoms with van der Waals surface area (Å²) in [6.07, 6.45) is 0. The van der Waals surface area contributed by atoms with Crippen LogP contribution < -0.4 is 16.4 Å². The molecule has 20 heavy (non-hydrogen) atoms. The average molecular weight is 287 g/mol. The van der Waals surface area contributed by atoms with Crippen molar-refractivity contribution in [3.63, 3.8) is 0 Å². The van der Waals surface area contributed by atoms with Gasteiger partial charge in [0.05, 0.1) is 13.1 Å². The van der Waals surface area contributed by atoms with Gasteiger partial charge in [-0.15, -0.1) is 0 Å². The SMILES string of the molecule is CC(C)[C@H](NC(=O)CNC(=O)CN)C(=O)OC(C)(C)C. The molecule has 0 aromatic heterocycles. The zero-order valence-corrected chi connectivity index (χ0v) is 12.8. The molecule has 0 heterocycles. The third kappa shape index (κ3) is 7.73. The molecule has 0 unspecified atom stereocenters. The van der Waals surface area contributed by atoms with Crippen LogP contribution in [0.4, 0.5) is 0 Å². The van der Waals surface area contributed by atoms with Crippen LogP contribution in [0.25, 0.3) is 0 Å². The van der Waals surface area contributed by atoms with Crippen LogP contribution in [0.15, 0.2) is 0 Å². The number of rotatable bonds is 6. The minimum Gasteiger partial charge on any atom is -0.458 e. The molecule has 0 spiro atoms. The summed E-state index contributed by atoms with van der Waals surface area (Å²) in [5, 5.41) is 4.88. The maximum Gasteiger partial charge on any atom is 0.329 e. The summed E-state index contributed by atoms with van der Waals surface area (Å²) in [6, 6.07) is -0.753. The molecular formula is C13H25N3O4. The van der Waals surface area contributed by atoms with E-state index in [1.165, 1.54) is 0 Å². The fourth-order valence-electron chi connectivity index (χ4n) is 1.34. The zero-order valence-electron chi connectivity index (χ0n) is 12.8. The molecule has 0 aliphatic rings. The van der Waals surface area contributed by atoms with Gasteiger partial charge in [0.2, 0.25) is 11.8 Å². The van der Waals surface area contributed by atoms with Crippen molar-refractivity contribution in [3.05, 3.63) is 0 Å². The molecule has 116 valence electrons. The Bertz CT molecular complexity index is 361. The van der Waals surface area contributed by atoms with Crippen molar-refractivity contribution in [2.45, 2.75) is 46.3 Å². The third-order valence-electron chi connectivity index (χ3n) is 2.28. The van der Waals surface area contributed by atoms with E-state index in [4.69, 9.17) is 10.5 Å².